The Morgan fingerprint density at radius 2 is 1.83 bits per heavy atom. The summed E-state index contributed by atoms with van der Waals surface area (Å²) in [6.07, 6.45) is 0.737. The van der Waals surface area contributed by atoms with Crippen LogP contribution in [0.1, 0.15) is 29.2 Å². The van der Waals surface area contributed by atoms with E-state index in [4.69, 9.17) is 13.9 Å². The zero-order valence-corrected chi connectivity index (χ0v) is 17.1. The molecule has 0 fully saturated rings. The lowest BCUT2D eigenvalue weighted by atomic mass is 10.0. The summed E-state index contributed by atoms with van der Waals surface area (Å²) in [5, 5.41) is 3.66. The van der Waals surface area contributed by atoms with Crippen LogP contribution in [0.15, 0.2) is 47.1 Å². The van der Waals surface area contributed by atoms with Gasteiger partial charge in [-0.05, 0) is 49.6 Å². The van der Waals surface area contributed by atoms with E-state index < -0.39 is 12.1 Å². The number of carbonyl (C=O) groups is 2. The van der Waals surface area contributed by atoms with Gasteiger partial charge in [0.25, 0.3) is 5.91 Å². The molecule has 1 N–H and O–H groups in total. The van der Waals surface area contributed by atoms with Crippen molar-refractivity contribution in [3.63, 3.8) is 0 Å². The second kappa shape index (κ2) is 8.82. The fourth-order valence-electron chi connectivity index (χ4n) is 3.05. The maximum absolute atomic E-state index is 12.3. The first-order valence-corrected chi connectivity index (χ1v) is 9.45. The third-order valence-electron chi connectivity index (χ3n) is 4.98. The van der Waals surface area contributed by atoms with Crippen molar-refractivity contribution in [2.24, 2.45) is 0 Å². The number of nitrogens with one attached hydrogen (secondary N) is 1. The molecule has 0 aliphatic carbocycles. The number of aryl methyl sites for hydroxylation is 2. The van der Waals surface area contributed by atoms with Crippen molar-refractivity contribution in [2.75, 3.05) is 7.11 Å². The van der Waals surface area contributed by atoms with Gasteiger partial charge in [-0.15, -0.1) is 0 Å². The van der Waals surface area contributed by atoms with E-state index in [-0.39, 0.29) is 12.3 Å². The molecule has 3 rings (SSSR count). The molecule has 1 heterocycles. The van der Waals surface area contributed by atoms with Crippen molar-refractivity contribution in [2.45, 2.75) is 39.8 Å². The Hall–Kier alpha value is -3.28. The number of benzene rings is 2. The minimum atomic E-state index is -0.886. The SMILES string of the molecule is COc1ccc(CNC(=O)[C@H](C)OC(=O)Cc2coc3c(C)c(C)ccc23)cc1. The summed E-state index contributed by atoms with van der Waals surface area (Å²) in [6, 6.07) is 11.3. The number of furan rings is 1. The van der Waals surface area contributed by atoms with E-state index >= 15 is 0 Å². The molecular formula is C23H25NO5. The van der Waals surface area contributed by atoms with Crippen LogP contribution in [0, 0.1) is 13.8 Å². The number of hydrogen-bond acceptors (Lipinski definition) is 5. The third kappa shape index (κ3) is 4.77. The lowest BCUT2D eigenvalue weighted by molar-refractivity contribution is -0.154. The van der Waals surface area contributed by atoms with Crippen LogP contribution in [0.5, 0.6) is 5.75 Å². The van der Waals surface area contributed by atoms with Crippen LogP contribution < -0.4 is 10.1 Å². The average Bonchev–Trinajstić information content (AvgIpc) is 3.12. The van der Waals surface area contributed by atoms with Crippen molar-refractivity contribution in [1.82, 2.24) is 5.32 Å². The van der Waals surface area contributed by atoms with Crippen LogP contribution in [0.2, 0.25) is 0 Å². The molecule has 1 amide bonds. The highest BCUT2D eigenvalue weighted by Gasteiger charge is 2.19. The molecule has 6 nitrogen and oxygen atoms in total. The minimum absolute atomic E-state index is 0.0472. The quantitative estimate of drug-likeness (QED) is 0.615. The smallest absolute Gasteiger partial charge is 0.311 e. The minimum Gasteiger partial charge on any atom is -0.497 e. The maximum Gasteiger partial charge on any atom is 0.311 e. The van der Waals surface area contributed by atoms with E-state index in [0.29, 0.717) is 6.54 Å². The van der Waals surface area contributed by atoms with Crippen LogP contribution in [0.4, 0.5) is 0 Å². The molecular weight excluding hydrogens is 370 g/mol. The zero-order valence-electron chi connectivity index (χ0n) is 17.1. The summed E-state index contributed by atoms with van der Waals surface area (Å²) in [5.74, 6) is -0.0739. The fourth-order valence-corrected chi connectivity index (χ4v) is 3.05. The summed E-state index contributed by atoms with van der Waals surface area (Å²) in [6.45, 7) is 5.90. The Morgan fingerprint density at radius 1 is 1.10 bits per heavy atom. The van der Waals surface area contributed by atoms with Crippen LogP contribution >= 0.6 is 0 Å². The van der Waals surface area contributed by atoms with E-state index in [9.17, 15) is 9.59 Å². The van der Waals surface area contributed by atoms with Gasteiger partial charge < -0.3 is 19.2 Å². The number of ether oxygens (including phenoxy) is 2. The summed E-state index contributed by atoms with van der Waals surface area (Å²) in [5.41, 5.74) is 4.63. The zero-order chi connectivity index (χ0) is 21.0. The largest absolute Gasteiger partial charge is 0.497 e. The lowest BCUT2D eigenvalue weighted by Crippen LogP contribution is -2.35. The van der Waals surface area contributed by atoms with Gasteiger partial charge in [-0.2, -0.15) is 0 Å². The molecule has 152 valence electrons. The Kier molecular flexibility index (Phi) is 6.22. The average molecular weight is 395 g/mol. The van der Waals surface area contributed by atoms with Gasteiger partial charge in [0.1, 0.15) is 11.3 Å². The monoisotopic (exact) mass is 395 g/mol. The Labute approximate surface area is 169 Å². The predicted molar refractivity (Wildman–Crippen MR) is 110 cm³/mol. The Morgan fingerprint density at radius 3 is 2.52 bits per heavy atom. The van der Waals surface area contributed by atoms with Crippen LogP contribution in [0.3, 0.4) is 0 Å². The Bertz CT molecular complexity index is 1020. The summed E-state index contributed by atoms with van der Waals surface area (Å²) < 4.78 is 16.0. The highest BCUT2D eigenvalue weighted by molar-refractivity contribution is 5.89. The number of hydrogen-bond donors (Lipinski definition) is 1. The molecule has 0 unspecified atom stereocenters. The normalized spacial score (nSPS) is 11.9. The summed E-state index contributed by atoms with van der Waals surface area (Å²) in [7, 11) is 1.60. The van der Waals surface area contributed by atoms with Crippen molar-refractivity contribution in [3.05, 3.63) is 64.9 Å². The van der Waals surface area contributed by atoms with Crippen LogP contribution in [-0.4, -0.2) is 25.1 Å². The van der Waals surface area contributed by atoms with Gasteiger partial charge in [-0.3, -0.25) is 9.59 Å². The van der Waals surface area contributed by atoms with Gasteiger partial charge >= 0.3 is 5.97 Å². The molecule has 1 atom stereocenters. The highest BCUT2D eigenvalue weighted by Crippen LogP contribution is 2.27. The van der Waals surface area contributed by atoms with Gasteiger partial charge in [0, 0.05) is 17.5 Å². The van der Waals surface area contributed by atoms with Gasteiger partial charge in [0.2, 0.25) is 0 Å². The van der Waals surface area contributed by atoms with E-state index in [1.807, 2.05) is 50.2 Å². The molecule has 6 heteroatoms. The Balaban J connectivity index is 1.54. The number of rotatable bonds is 7. The summed E-state index contributed by atoms with van der Waals surface area (Å²) >= 11 is 0. The molecule has 0 spiro atoms. The maximum atomic E-state index is 12.3. The number of carbonyl (C=O) groups excluding carboxylic acids is 2. The highest BCUT2D eigenvalue weighted by atomic mass is 16.5. The molecule has 0 saturated carbocycles. The van der Waals surface area contributed by atoms with Gasteiger partial charge in [-0.1, -0.05) is 24.3 Å². The first-order chi connectivity index (χ1) is 13.9. The van der Waals surface area contributed by atoms with Gasteiger partial charge in [0.15, 0.2) is 6.10 Å². The van der Waals surface area contributed by atoms with Crippen molar-refractivity contribution in [3.8, 4) is 5.75 Å². The standard InChI is InChI=1S/C23H25NO5/c1-14-5-10-20-18(13-28-22(20)15(14)2)11-21(25)29-16(3)23(26)24-12-17-6-8-19(27-4)9-7-17/h5-10,13,16H,11-12H2,1-4H3,(H,24,26)/t16-/m0/s1. The molecule has 0 aliphatic rings. The first kappa shape index (κ1) is 20.5. The molecule has 29 heavy (non-hydrogen) atoms. The van der Waals surface area contributed by atoms with Gasteiger partial charge in [-0.25, -0.2) is 0 Å². The van der Waals surface area contributed by atoms with E-state index in [1.165, 1.54) is 0 Å². The first-order valence-electron chi connectivity index (χ1n) is 9.45. The molecule has 0 bridgehead atoms. The second-order valence-electron chi connectivity index (χ2n) is 7.02. The molecule has 1 aromatic heterocycles. The van der Waals surface area contributed by atoms with Crippen LogP contribution in [-0.2, 0) is 27.3 Å². The van der Waals surface area contributed by atoms with E-state index in [0.717, 1.165) is 39.0 Å². The molecule has 2 aromatic carbocycles. The molecule has 0 radical (unpaired) electrons. The van der Waals surface area contributed by atoms with Crippen molar-refractivity contribution < 1.29 is 23.5 Å². The fraction of sp³-hybridized carbons (Fsp3) is 0.304. The number of amides is 1. The van der Waals surface area contributed by atoms with Crippen LogP contribution in [0.25, 0.3) is 11.0 Å². The van der Waals surface area contributed by atoms with Crippen molar-refractivity contribution in [1.29, 1.82) is 0 Å². The number of fused-ring (bicyclic) bond motifs is 1. The number of esters is 1. The van der Waals surface area contributed by atoms with E-state index in [1.54, 1.807) is 20.3 Å². The molecule has 0 saturated heterocycles. The van der Waals surface area contributed by atoms with Gasteiger partial charge in [0.05, 0.1) is 19.8 Å². The third-order valence-corrected chi connectivity index (χ3v) is 4.98. The molecule has 0 aliphatic heterocycles. The second-order valence-corrected chi connectivity index (χ2v) is 7.02. The lowest BCUT2D eigenvalue weighted by Gasteiger charge is -2.13. The van der Waals surface area contributed by atoms with E-state index in [2.05, 4.69) is 5.32 Å². The van der Waals surface area contributed by atoms with Crippen molar-refractivity contribution >= 4 is 22.8 Å². The number of methoxy groups -OCH3 is 1. The summed E-state index contributed by atoms with van der Waals surface area (Å²) in [4.78, 5) is 24.5. The topological polar surface area (TPSA) is 77.8 Å². The predicted octanol–water partition coefficient (Wildman–Crippen LogP) is 3.85. The molecule has 3 aromatic rings.